The summed E-state index contributed by atoms with van der Waals surface area (Å²) in [5, 5.41) is 1.15. The van der Waals surface area contributed by atoms with Gasteiger partial charge in [-0.3, -0.25) is 0 Å². The van der Waals surface area contributed by atoms with Gasteiger partial charge in [-0.2, -0.15) is 0 Å². The molecule has 2 N–H and O–H groups in total. The second-order valence-corrected chi connectivity index (χ2v) is 7.18. The minimum absolute atomic E-state index is 0.154. The molecule has 0 atom stereocenters. The third-order valence-corrected chi connectivity index (χ3v) is 5.24. The Morgan fingerprint density at radius 2 is 1.69 bits per heavy atom. The zero-order chi connectivity index (χ0) is 12.0. The Labute approximate surface area is 102 Å². The average molecular weight is 238 g/mol. The first-order valence-corrected chi connectivity index (χ1v) is 6.87. The summed E-state index contributed by atoms with van der Waals surface area (Å²) in [6.07, 6.45) is 4.57. The number of aryl methyl sites for hydroxylation is 2. The van der Waals surface area contributed by atoms with Crippen LogP contribution in [0.4, 0.5) is 0 Å². The molecule has 2 nitrogen and oxygen atoms in total. The van der Waals surface area contributed by atoms with Crippen molar-refractivity contribution in [1.82, 2.24) is 4.98 Å². The Balaban J connectivity index is 2.21. The predicted octanol–water partition coefficient (Wildman–Crippen LogP) is 3.51. The molecule has 1 saturated carbocycles. The molecule has 0 spiro atoms. The molecule has 1 fully saturated rings. The van der Waals surface area contributed by atoms with Gasteiger partial charge < -0.3 is 5.73 Å². The van der Waals surface area contributed by atoms with E-state index in [0.717, 1.165) is 23.5 Å². The van der Waals surface area contributed by atoms with Crippen LogP contribution in [-0.2, 0) is 5.54 Å². The van der Waals surface area contributed by atoms with E-state index in [-0.39, 0.29) is 5.54 Å². The lowest BCUT2D eigenvalue weighted by atomic mass is 9.70. The number of nitrogens with two attached hydrogens (primary N) is 1. The van der Waals surface area contributed by atoms with Crippen LogP contribution < -0.4 is 5.73 Å². The van der Waals surface area contributed by atoms with E-state index in [1.54, 1.807) is 11.3 Å². The van der Waals surface area contributed by atoms with E-state index in [9.17, 15) is 0 Å². The molecule has 0 unspecified atom stereocenters. The van der Waals surface area contributed by atoms with Crippen molar-refractivity contribution in [2.75, 3.05) is 0 Å². The summed E-state index contributed by atoms with van der Waals surface area (Å²) in [6.45, 7) is 8.88. The van der Waals surface area contributed by atoms with Crippen LogP contribution >= 0.6 is 11.3 Å². The molecule has 1 aliphatic carbocycles. The molecule has 1 heterocycles. The average Bonchev–Trinajstić information content (AvgIpc) is 2.54. The largest absolute Gasteiger partial charge is 0.319 e. The van der Waals surface area contributed by atoms with E-state index in [2.05, 4.69) is 32.7 Å². The Morgan fingerprint density at radius 1 is 1.12 bits per heavy atom. The van der Waals surface area contributed by atoms with Gasteiger partial charge in [-0.1, -0.05) is 13.8 Å². The van der Waals surface area contributed by atoms with Crippen LogP contribution in [0.5, 0.6) is 0 Å². The Hall–Kier alpha value is -0.410. The van der Waals surface area contributed by atoms with Crippen LogP contribution in [-0.4, -0.2) is 4.98 Å². The van der Waals surface area contributed by atoms with Crippen molar-refractivity contribution in [1.29, 1.82) is 0 Å². The number of aromatic nitrogens is 1. The number of nitrogens with zero attached hydrogens (tertiary/aromatic N) is 1. The maximum atomic E-state index is 6.53. The summed E-state index contributed by atoms with van der Waals surface area (Å²) in [4.78, 5) is 5.96. The van der Waals surface area contributed by atoms with E-state index in [1.807, 2.05) is 0 Å². The summed E-state index contributed by atoms with van der Waals surface area (Å²) < 4.78 is 0. The lowest BCUT2D eigenvalue weighted by Gasteiger charge is -2.40. The molecule has 2 rings (SSSR count). The molecule has 0 bridgehead atoms. The van der Waals surface area contributed by atoms with Crippen molar-refractivity contribution < 1.29 is 0 Å². The van der Waals surface area contributed by atoms with Gasteiger partial charge in [0.25, 0.3) is 0 Å². The Morgan fingerprint density at radius 3 is 2.12 bits per heavy atom. The first-order chi connectivity index (χ1) is 7.32. The van der Waals surface area contributed by atoms with E-state index >= 15 is 0 Å². The van der Waals surface area contributed by atoms with Gasteiger partial charge in [-0.25, -0.2) is 4.98 Å². The fourth-order valence-electron chi connectivity index (χ4n) is 2.27. The summed E-state index contributed by atoms with van der Waals surface area (Å²) >= 11 is 1.78. The Kier molecular flexibility index (Phi) is 2.87. The number of hydrogen-bond donors (Lipinski definition) is 1. The van der Waals surface area contributed by atoms with E-state index in [0.29, 0.717) is 5.41 Å². The molecule has 16 heavy (non-hydrogen) atoms. The molecule has 0 saturated heterocycles. The van der Waals surface area contributed by atoms with Crippen LogP contribution in [0.25, 0.3) is 0 Å². The highest BCUT2D eigenvalue weighted by Crippen LogP contribution is 2.44. The highest BCUT2D eigenvalue weighted by molar-refractivity contribution is 7.11. The lowest BCUT2D eigenvalue weighted by Crippen LogP contribution is -2.42. The van der Waals surface area contributed by atoms with Crippen molar-refractivity contribution in [3.05, 3.63) is 15.6 Å². The van der Waals surface area contributed by atoms with E-state index in [4.69, 9.17) is 5.73 Å². The van der Waals surface area contributed by atoms with Gasteiger partial charge in [0.1, 0.15) is 5.01 Å². The molecule has 90 valence electrons. The highest BCUT2D eigenvalue weighted by atomic mass is 32.1. The smallest absolute Gasteiger partial charge is 0.113 e. The first-order valence-electron chi connectivity index (χ1n) is 6.06. The van der Waals surface area contributed by atoms with Crippen molar-refractivity contribution >= 4 is 11.3 Å². The summed E-state index contributed by atoms with van der Waals surface area (Å²) in [5.41, 5.74) is 7.99. The quantitative estimate of drug-likeness (QED) is 0.813. The number of rotatable bonds is 1. The van der Waals surface area contributed by atoms with Crippen LogP contribution in [0.3, 0.4) is 0 Å². The monoisotopic (exact) mass is 238 g/mol. The van der Waals surface area contributed by atoms with Gasteiger partial charge in [-0.15, -0.1) is 11.3 Å². The van der Waals surface area contributed by atoms with Crippen LogP contribution in [0.2, 0.25) is 0 Å². The zero-order valence-electron chi connectivity index (χ0n) is 10.8. The second kappa shape index (κ2) is 3.81. The zero-order valence-corrected chi connectivity index (χ0v) is 11.6. The maximum Gasteiger partial charge on any atom is 0.113 e. The van der Waals surface area contributed by atoms with Gasteiger partial charge >= 0.3 is 0 Å². The van der Waals surface area contributed by atoms with Gasteiger partial charge in [0.05, 0.1) is 11.2 Å². The van der Waals surface area contributed by atoms with Crippen molar-refractivity contribution in [3.63, 3.8) is 0 Å². The fourth-order valence-corrected chi connectivity index (χ4v) is 3.35. The topological polar surface area (TPSA) is 38.9 Å². The lowest BCUT2D eigenvalue weighted by molar-refractivity contribution is 0.165. The molecular formula is C13H22N2S. The molecule has 0 aromatic carbocycles. The third-order valence-electron chi connectivity index (χ3n) is 3.95. The van der Waals surface area contributed by atoms with Crippen molar-refractivity contribution in [2.45, 2.75) is 58.9 Å². The van der Waals surface area contributed by atoms with Crippen molar-refractivity contribution in [2.24, 2.45) is 11.1 Å². The highest BCUT2D eigenvalue weighted by Gasteiger charge is 2.38. The van der Waals surface area contributed by atoms with Gasteiger partial charge in [0.2, 0.25) is 0 Å². The summed E-state index contributed by atoms with van der Waals surface area (Å²) in [5.74, 6) is 0. The molecular weight excluding hydrogens is 216 g/mol. The SMILES string of the molecule is Cc1nc(C2(N)CCC(C)(C)CC2)sc1C. The van der Waals surface area contributed by atoms with Gasteiger partial charge in [0.15, 0.2) is 0 Å². The molecule has 1 aromatic heterocycles. The van der Waals surface area contributed by atoms with Gasteiger partial charge in [-0.05, 0) is 44.9 Å². The maximum absolute atomic E-state index is 6.53. The van der Waals surface area contributed by atoms with Crippen molar-refractivity contribution in [3.8, 4) is 0 Å². The Bertz CT molecular complexity index is 363. The standard InChI is InChI=1S/C13H22N2S/c1-9-10(2)16-11(15-9)13(14)7-5-12(3,4)6-8-13/h5-8,14H2,1-4H3. The fraction of sp³-hybridized carbons (Fsp3) is 0.769. The van der Waals surface area contributed by atoms with Crippen LogP contribution in [0.15, 0.2) is 0 Å². The second-order valence-electron chi connectivity index (χ2n) is 5.98. The normalized spacial score (nSPS) is 23.3. The first kappa shape index (κ1) is 12.1. The third kappa shape index (κ3) is 2.16. The summed E-state index contributed by atoms with van der Waals surface area (Å²) in [6, 6.07) is 0. The van der Waals surface area contributed by atoms with Gasteiger partial charge in [0, 0.05) is 4.88 Å². The minimum atomic E-state index is -0.154. The number of hydrogen-bond acceptors (Lipinski definition) is 3. The van der Waals surface area contributed by atoms with Crippen LogP contribution in [0, 0.1) is 19.3 Å². The molecule has 3 heteroatoms. The summed E-state index contributed by atoms with van der Waals surface area (Å²) in [7, 11) is 0. The number of thiazole rings is 1. The molecule has 1 aliphatic rings. The molecule has 1 aromatic rings. The molecule has 0 amide bonds. The predicted molar refractivity (Wildman–Crippen MR) is 69.7 cm³/mol. The van der Waals surface area contributed by atoms with E-state index < -0.39 is 0 Å². The molecule has 0 radical (unpaired) electrons. The van der Waals surface area contributed by atoms with Crippen LogP contribution in [0.1, 0.15) is 55.1 Å². The minimum Gasteiger partial charge on any atom is -0.319 e. The molecule has 0 aliphatic heterocycles. The van der Waals surface area contributed by atoms with E-state index in [1.165, 1.54) is 17.7 Å².